The molecule has 0 radical (unpaired) electrons. The number of fused-ring (bicyclic) bond motifs is 1. The van der Waals surface area contributed by atoms with Crippen molar-refractivity contribution in [2.45, 2.75) is 18.8 Å². The first kappa shape index (κ1) is 11.9. The molecule has 2 aromatic rings. The molecule has 4 rings (SSSR count). The van der Waals surface area contributed by atoms with Gasteiger partial charge in [0.05, 0.1) is 11.8 Å². The van der Waals surface area contributed by atoms with Gasteiger partial charge in [0.25, 0.3) is 0 Å². The molecule has 1 fully saturated rings. The van der Waals surface area contributed by atoms with Gasteiger partial charge in [-0.2, -0.15) is 4.98 Å². The van der Waals surface area contributed by atoms with E-state index in [1.165, 1.54) is 0 Å². The Balaban J connectivity index is 1.63. The summed E-state index contributed by atoms with van der Waals surface area (Å²) in [5, 5.41) is 7.54. The summed E-state index contributed by atoms with van der Waals surface area (Å²) in [4.78, 5) is 4.63. The fraction of sp³-hybridized carbons (Fsp3) is 0.467. The van der Waals surface area contributed by atoms with Crippen LogP contribution >= 0.6 is 0 Å². The predicted molar refractivity (Wildman–Crippen MR) is 72.9 cm³/mol. The smallest absolute Gasteiger partial charge is 0.231 e. The topological polar surface area (TPSA) is 60.2 Å². The summed E-state index contributed by atoms with van der Waals surface area (Å²) in [7, 11) is 0. The van der Waals surface area contributed by atoms with Crippen molar-refractivity contribution in [3.63, 3.8) is 0 Å². The SMILES string of the molecule is C[C@@H]1CNC[C@H]1c1nc(C2COc3ccccc32)no1. The van der Waals surface area contributed by atoms with Crippen molar-refractivity contribution in [1.29, 1.82) is 0 Å². The third-order valence-electron chi connectivity index (χ3n) is 4.30. The zero-order valence-electron chi connectivity index (χ0n) is 11.4. The molecule has 3 atom stereocenters. The van der Waals surface area contributed by atoms with Crippen LogP contribution in [0.1, 0.15) is 36.0 Å². The fourth-order valence-corrected chi connectivity index (χ4v) is 3.06. The first-order chi connectivity index (χ1) is 9.83. The molecule has 2 aliphatic rings. The standard InChI is InChI=1S/C15H17N3O2/c1-9-6-16-7-11(9)15-17-14(18-20-15)12-8-19-13-5-3-2-4-10(12)13/h2-5,9,11-12,16H,6-8H2,1H3/t9-,11-,12?/m1/s1. The Morgan fingerprint density at radius 2 is 2.15 bits per heavy atom. The molecule has 0 aliphatic carbocycles. The summed E-state index contributed by atoms with van der Waals surface area (Å²) < 4.78 is 11.2. The molecule has 1 aromatic heterocycles. The number of aromatic nitrogens is 2. The van der Waals surface area contributed by atoms with E-state index in [1.807, 2.05) is 18.2 Å². The molecule has 0 spiro atoms. The average Bonchev–Trinajstić information content (AvgIpc) is 3.15. The molecule has 1 aromatic carbocycles. The first-order valence-electron chi connectivity index (χ1n) is 7.09. The maximum Gasteiger partial charge on any atom is 0.231 e. The van der Waals surface area contributed by atoms with Crippen LogP contribution in [0.25, 0.3) is 0 Å². The van der Waals surface area contributed by atoms with Crippen LogP contribution in [0, 0.1) is 5.92 Å². The third-order valence-corrected chi connectivity index (χ3v) is 4.30. The second kappa shape index (κ2) is 4.59. The highest BCUT2D eigenvalue weighted by molar-refractivity contribution is 5.42. The van der Waals surface area contributed by atoms with Crippen LogP contribution < -0.4 is 10.1 Å². The minimum atomic E-state index is 0.0911. The molecule has 104 valence electrons. The van der Waals surface area contributed by atoms with E-state index in [0.717, 1.165) is 36.1 Å². The number of benzene rings is 1. The van der Waals surface area contributed by atoms with Crippen LogP contribution in [0.2, 0.25) is 0 Å². The van der Waals surface area contributed by atoms with E-state index in [4.69, 9.17) is 9.26 Å². The molecule has 0 saturated carbocycles. The largest absolute Gasteiger partial charge is 0.492 e. The van der Waals surface area contributed by atoms with Gasteiger partial charge in [-0.25, -0.2) is 0 Å². The number of hydrogen-bond acceptors (Lipinski definition) is 5. The van der Waals surface area contributed by atoms with E-state index >= 15 is 0 Å². The van der Waals surface area contributed by atoms with Crippen LogP contribution in [-0.4, -0.2) is 29.8 Å². The zero-order valence-corrected chi connectivity index (χ0v) is 11.4. The molecular weight excluding hydrogens is 254 g/mol. The molecule has 0 bridgehead atoms. The Morgan fingerprint density at radius 3 is 3.00 bits per heavy atom. The maximum atomic E-state index is 5.69. The monoisotopic (exact) mass is 271 g/mol. The number of nitrogens with one attached hydrogen (secondary N) is 1. The van der Waals surface area contributed by atoms with Crippen molar-refractivity contribution in [3.05, 3.63) is 41.5 Å². The van der Waals surface area contributed by atoms with E-state index in [0.29, 0.717) is 18.4 Å². The Hall–Kier alpha value is -1.88. The van der Waals surface area contributed by atoms with Gasteiger partial charge in [-0.3, -0.25) is 0 Å². The number of ether oxygens (including phenoxy) is 1. The Morgan fingerprint density at radius 1 is 1.25 bits per heavy atom. The van der Waals surface area contributed by atoms with Crippen molar-refractivity contribution in [2.75, 3.05) is 19.7 Å². The van der Waals surface area contributed by atoms with E-state index < -0.39 is 0 Å². The van der Waals surface area contributed by atoms with E-state index in [2.05, 4.69) is 28.4 Å². The van der Waals surface area contributed by atoms with E-state index in [9.17, 15) is 0 Å². The van der Waals surface area contributed by atoms with Crippen molar-refractivity contribution >= 4 is 0 Å². The van der Waals surface area contributed by atoms with Crippen LogP contribution in [0.15, 0.2) is 28.8 Å². The van der Waals surface area contributed by atoms with Gasteiger partial charge < -0.3 is 14.6 Å². The molecule has 1 unspecified atom stereocenters. The van der Waals surface area contributed by atoms with Crippen LogP contribution in [0.4, 0.5) is 0 Å². The highest BCUT2D eigenvalue weighted by Crippen LogP contribution is 2.37. The minimum absolute atomic E-state index is 0.0911. The maximum absolute atomic E-state index is 5.69. The third kappa shape index (κ3) is 1.81. The van der Waals surface area contributed by atoms with Gasteiger partial charge in [-0.1, -0.05) is 30.3 Å². The fourth-order valence-electron chi connectivity index (χ4n) is 3.06. The normalized spacial score (nSPS) is 28.4. The predicted octanol–water partition coefficient (Wildman–Crippen LogP) is 1.92. The number of para-hydroxylation sites is 1. The van der Waals surface area contributed by atoms with Gasteiger partial charge in [0.15, 0.2) is 5.82 Å². The van der Waals surface area contributed by atoms with E-state index in [-0.39, 0.29) is 5.92 Å². The van der Waals surface area contributed by atoms with Crippen LogP contribution in [-0.2, 0) is 0 Å². The summed E-state index contributed by atoms with van der Waals surface area (Å²) in [6.45, 7) is 4.73. The first-order valence-corrected chi connectivity index (χ1v) is 7.09. The quantitative estimate of drug-likeness (QED) is 0.904. The Kier molecular flexibility index (Phi) is 2.73. The Bertz CT molecular complexity index is 625. The van der Waals surface area contributed by atoms with Crippen molar-refractivity contribution in [2.24, 2.45) is 5.92 Å². The summed E-state index contributed by atoms with van der Waals surface area (Å²) in [5.41, 5.74) is 1.15. The van der Waals surface area contributed by atoms with Crippen molar-refractivity contribution in [1.82, 2.24) is 15.5 Å². The Labute approximate surface area is 117 Å². The lowest BCUT2D eigenvalue weighted by Gasteiger charge is -2.07. The summed E-state index contributed by atoms with van der Waals surface area (Å²) >= 11 is 0. The second-order valence-electron chi connectivity index (χ2n) is 5.63. The molecule has 3 heterocycles. The molecule has 1 N–H and O–H groups in total. The lowest BCUT2D eigenvalue weighted by atomic mass is 9.98. The number of hydrogen-bond donors (Lipinski definition) is 1. The average molecular weight is 271 g/mol. The molecule has 0 amide bonds. The van der Waals surface area contributed by atoms with Crippen LogP contribution in [0.5, 0.6) is 5.75 Å². The molecule has 20 heavy (non-hydrogen) atoms. The molecule has 5 heteroatoms. The van der Waals surface area contributed by atoms with Gasteiger partial charge in [-0.05, 0) is 18.5 Å². The van der Waals surface area contributed by atoms with Gasteiger partial charge >= 0.3 is 0 Å². The summed E-state index contributed by atoms with van der Waals surface area (Å²) in [6, 6.07) is 8.06. The molecular formula is C15H17N3O2. The minimum Gasteiger partial charge on any atom is -0.492 e. The number of rotatable bonds is 2. The summed E-state index contributed by atoms with van der Waals surface area (Å²) in [6.07, 6.45) is 0. The zero-order chi connectivity index (χ0) is 13.5. The van der Waals surface area contributed by atoms with Gasteiger partial charge in [0.1, 0.15) is 12.4 Å². The second-order valence-corrected chi connectivity index (χ2v) is 5.63. The van der Waals surface area contributed by atoms with Crippen molar-refractivity contribution in [3.8, 4) is 5.75 Å². The van der Waals surface area contributed by atoms with Crippen molar-refractivity contribution < 1.29 is 9.26 Å². The number of nitrogens with zero attached hydrogens (tertiary/aromatic N) is 2. The lowest BCUT2D eigenvalue weighted by Crippen LogP contribution is -2.09. The molecule has 5 nitrogen and oxygen atoms in total. The van der Waals surface area contributed by atoms with Crippen LogP contribution in [0.3, 0.4) is 0 Å². The summed E-state index contributed by atoms with van der Waals surface area (Å²) in [5.74, 6) is 3.38. The highest BCUT2D eigenvalue weighted by atomic mass is 16.5. The molecule has 2 aliphatic heterocycles. The van der Waals surface area contributed by atoms with Gasteiger partial charge in [-0.15, -0.1) is 0 Å². The van der Waals surface area contributed by atoms with Gasteiger partial charge in [0, 0.05) is 12.1 Å². The van der Waals surface area contributed by atoms with Gasteiger partial charge in [0.2, 0.25) is 5.89 Å². The lowest BCUT2D eigenvalue weighted by molar-refractivity contribution is 0.323. The highest BCUT2D eigenvalue weighted by Gasteiger charge is 2.33. The van der Waals surface area contributed by atoms with E-state index in [1.54, 1.807) is 0 Å². The molecule has 1 saturated heterocycles.